The van der Waals surface area contributed by atoms with Crippen LogP contribution in [0.15, 0.2) is 60.0 Å². The number of thiophene rings is 1. The van der Waals surface area contributed by atoms with Gasteiger partial charge in [-0.05, 0) is 47.8 Å². The van der Waals surface area contributed by atoms with Crippen molar-refractivity contribution in [3.63, 3.8) is 0 Å². The minimum Gasteiger partial charge on any atom is -0.378 e. The lowest BCUT2D eigenvalue weighted by Crippen LogP contribution is -2.54. The van der Waals surface area contributed by atoms with Gasteiger partial charge in [0.1, 0.15) is 0 Å². The van der Waals surface area contributed by atoms with Crippen molar-refractivity contribution in [1.82, 2.24) is 10.2 Å². The first-order chi connectivity index (χ1) is 13.3. The molecule has 1 aliphatic rings. The van der Waals surface area contributed by atoms with E-state index >= 15 is 0 Å². The molecule has 0 aliphatic carbocycles. The molecule has 0 amide bonds. The van der Waals surface area contributed by atoms with E-state index in [-0.39, 0.29) is 0 Å². The molecule has 2 heterocycles. The second-order valence-corrected chi connectivity index (χ2v) is 8.31. The number of ether oxygens (including phenoxy) is 1. The number of benzene rings is 2. The Kier molecular flexibility index (Phi) is 6.20. The molecule has 1 aromatic heterocycles. The molecule has 0 saturated carbocycles. The molecule has 1 aliphatic heterocycles. The van der Waals surface area contributed by atoms with Crippen LogP contribution in [0.5, 0.6) is 0 Å². The van der Waals surface area contributed by atoms with E-state index in [1.54, 1.807) is 0 Å². The van der Waals surface area contributed by atoms with Crippen molar-refractivity contribution in [1.29, 1.82) is 0 Å². The molecule has 3 aromatic rings. The van der Waals surface area contributed by atoms with Gasteiger partial charge >= 0.3 is 0 Å². The molecule has 1 fully saturated rings. The number of hydrogen-bond donors (Lipinski definition) is 1. The fraction of sp³-hybridized carbons (Fsp3) is 0.391. The van der Waals surface area contributed by atoms with Crippen LogP contribution in [0.25, 0.3) is 10.1 Å². The summed E-state index contributed by atoms with van der Waals surface area (Å²) in [6.07, 6.45) is 2.23. The SMILES string of the molecule is CN(Cc1ccccc1)C(CCc1csc2ccccc12)C1COCCN1. The summed E-state index contributed by atoms with van der Waals surface area (Å²) in [5.41, 5.74) is 2.84. The standard InChI is InChI=1S/C23H28N2OS/c1-25(15-18-7-3-2-4-8-18)22(21-16-26-14-13-24-21)12-11-19-17-27-23-10-6-5-9-20(19)23/h2-10,17,21-22,24H,11-16H2,1H3. The summed E-state index contributed by atoms with van der Waals surface area (Å²) >= 11 is 1.86. The number of aryl methyl sites for hydroxylation is 1. The number of nitrogens with zero attached hydrogens (tertiary/aromatic N) is 1. The Morgan fingerprint density at radius 3 is 2.78 bits per heavy atom. The van der Waals surface area contributed by atoms with Gasteiger partial charge in [0.15, 0.2) is 0 Å². The molecule has 0 spiro atoms. The number of rotatable bonds is 7. The van der Waals surface area contributed by atoms with Crippen molar-refractivity contribution in [2.75, 3.05) is 26.8 Å². The minimum absolute atomic E-state index is 0.386. The molecule has 0 bridgehead atoms. The zero-order chi connectivity index (χ0) is 18.5. The van der Waals surface area contributed by atoms with E-state index in [1.807, 2.05) is 11.3 Å². The van der Waals surface area contributed by atoms with Gasteiger partial charge in [-0.15, -0.1) is 11.3 Å². The average molecular weight is 381 g/mol. The van der Waals surface area contributed by atoms with Crippen LogP contribution in [-0.2, 0) is 17.7 Å². The lowest BCUT2D eigenvalue weighted by atomic mass is 9.97. The quantitative estimate of drug-likeness (QED) is 0.660. The predicted octanol–water partition coefficient (Wildman–Crippen LogP) is 4.32. The molecule has 4 heteroatoms. The first-order valence-electron chi connectivity index (χ1n) is 9.81. The maximum absolute atomic E-state index is 5.78. The van der Waals surface area contributed by atoms with Crippen LogP contribution in [0.2, 0.25) is 0 Å². The smallest absolute Gasteiger partial charge is 0.0635 e. The molecule has 1 N–H and O–H groups in total. The second kappa shape index (κ2) is 8.98. The minimum atomic E-state index is 0.386. The topological polar surface area (TPSA) is 24.5 Å². The summed E-state index contributed by atoms with van der Waals surface area (Å²) in [4.78, 5) is 2.50. The molecule has 4 rings (SSSR count). The van der Waals surface area contributed by atoms with Gasteiger partial charge in [0.2, 0.25) is 0 Å². The third kappa shape index (κ3) is 4.58. The van der Waals surface area contributed by atoms with Crippen molar-refractivity contribution in [3.05, 3.63) is 71.1 Å². The third-order valence-electron chi connectivity index (χ3n) is 5.53. The van der Waals surface area contributed by atoms with Gasteiger partial charge in [-0.2, -0.15) is 0 Å². The van der Waals surface area contributed by atoms with Gasteiger partial charge in [-0.3, -0.25) is 4.90 Å². The second-order valence-electron chi connectivity index (χ2n) is 7.40. The zero-order valence-electron chi connectivity index (χ0n) is 15.9. The van der Waals surface area contributed by atoms with Gasteiger partial charge < -0.3 is 10.1 Å². The molecule has 27 heavy (non-hydrogen) atoms. The number of hydrogen-bond acceptors (Lipinski definition) is 4. The highest BCUT2D eigenvalue weighted by atomic mass is 32.1. The zero-order valence-corrected chi connectivity index (χ0v) is 16.8. The molecule has 2 atom stereocenters. The summed E-state index contributed by atoms with van der Waals surface area (Å²) in [5, 5.41) is 7.44. The molecule has 1 saturated heterocycles. The van der Waals surface area contributed by atoms with Crippen molar-refractivity contribution < 1.29 is 4.74 Å². The van der Waals surface area contributed by atoms with Gasteiger partial charge in [0.05, 0.1) is 13.2 Å². The number of nitrogens with one attached hydrogen (secondary N) is 1. The van der Waals surface area contributed by atoms with Gasteiger partial charge in [0.25, 0.3) is 0 Å². The monoisotopic (exact) mass is 380 g/mol. The van der Waals surface area contributed by atoms with Gasteiger partial charge in [-0.1, -0.05) is 48.5 Å². The van der Waals surface area contributed by atoms with E-state index in [9.17, 15) is 0 Å². The Morgan fingerprint density at radius 1 is 1.15 bits per heavy atom. The van der Waals surface area contributed by atoms with E-state index in [0.29, 0.717) is 12.1 Å². The van der Waals surface area contributed by atoms with Crippen LogP contribution in [0.3, 0.4) is 0 Å². The van der Waals surface area contributed by atoms with Crippen LogP contribution >= 0.6 is 11.3 Å². The van der Waals surface area contributed by atoms with E-state index in [4.69, 9.17) is 4.74 Å². The summed E-state index contributed by atoms with van der Waals surface area (Å²) < 4.78 is 7.17. The Balaban J connectivity index is 1.48. The highest BCUT2D eigenvalue weighted by Gasteiger charge is 2.27. The molecule has 3 nitrogen and oxygen atoms in total. The Bertz CT molecular complexity index is 842. The summed E-state index contributed by atoms with van der Waals surface area (Å²) in [5.74, 6) is 0. The normalized spacial score (nSPS) is 18.8. The Morgan fingerprint density at radius 2 is 1.96 bits per heavy atom. The first-order valence-corrected chi connectivity index (χ1v) is 10.7. The van der Waals surface area contributed by atoms with E-state index in [1.165, 1.54) is 21.2 Å². The summed E-state index contributed by atoms with van der Waals surface area (Å²) in [6.45, 7) is 3.53. The van der Waals surface area contributed by atoms with Crippen molar-refractivity contribution >= 4 is 21.4 Å². The fourth-order valence-electron chi connectivity index (χ4n) is 4.08. The predicted molar refractivity (Wildman–Crippen MR) is 114 cm³/mol. The molecular weight excluding hydrogens is 352 g/mol. The highest BCUT2D eigenvalue weighted by Crippen LogP contribution is 2.28. The van der Waals surface area contributed by atoms with Crippen LogP contribution in [-0.4, -0.2) is 43.8 Å². The fourth-order valence-corrected chi connectivity index (χ4v) is 5.08. The molecule has 2 unspecified atom stereocenters. The largest absolute Gasteiger partial charge is 0.378 e. The lowest BCUT2D eigenvalue weighted by Gasteiger charge is -2.37. The number of likely N-dealkylation sites (N-methyl/N-ethyl adjacent to an activating group) is 1. The molecule has 2 aromatic carbocycles. The summed E-state index contributed by atoms with van der Waals surface area (Å²) in [6, 6.07) is 20.3. The third-order valence-corrected chi connectivity index (χ3v) is 6.54. The first kappa shape index (κ1) is 18.6. The van der Waals surface area contributed by atoms with Crippen molar-refractivity contribution in [2.24, 2.45) is 0 Å². The van der Waals surface area contributed by atoms with Gasteiger partial charge in [-0.25, -0.2) is 0 Å². The maximum atomic E-state index is 5.78. The molecule has 0 radical (unpaired) electrons. The number of morpholine rings is 1. The molecule has 142 valence electrons. The summed E-state index contributed by atoms with van der Waals surface area (Å²) in [7, 11) is 2.25. The van der Waals surface area contributed by atoms with Crippen molar-refractivity contribution in [3.8, 4) is 0 Å². The van der Waals surface area contributed by atoms with Crippen molar-refractivity contribution in [2.45, 2.75) is 31.5 Å². The maximum Gasteiger partial charge on any atom is 0.0635 e. The number of fused-ring (bicyclic) bond motifs is 1. The van der Waals surface area contributed by atoms with Crippen LogP contribution in [0, 0.1) is 0 Å². The average Bonchev–Trinajstić information content (AvgIpc) is 3.13. The highest BCUT2D eigenvalue weighted by molar-refractivity contribution is 7.17. The van der Waals surface area contributed by atoms with E-state index in [2.05, 4.69) is 77.2 Å². The van der Waals surface area contributed by atoms with Crippen LogP contribution in [0.1, 0.15) is 17.5 Å². The Labute approximate surface area is 166 Å². The Hall–Kier alpha value is -1.72. The molecular formula is C23H28N2OS. The van der Waals surface area contributed by atoms with E-state index < -0.39 is 0 Å². The lowest BCUT2D eigenvalue weighted by molar-refractivity contribution is 0.0371. The van der Waals surface area contributed by atoms with Crippen LogP contribution < -0.4 is 5.32 Å². The van der Waals surface area contributed by atoms with E-state index in [0.717, 1.165) is 39.1 Å². The van der Waals surface area contributed by atoms with Gasteiger partial charge in [0, 0.05) is 29.9 Å². The van der Waals surface area contributed by atoms with Crippen LogP contribution in [0.4, 0.5) is 0 Å².